The number of hydrogen-bond donors (Lipinski definition) is 1. The number of nitrogens with one attached hydrogen (secondary N) is 1. The largest absolute Gasteiger partial charge is 0.493 e. The van der Waals surface area contributed by atoms with Crippen molar-refractivity contribution in [2.45, 2.75) is 58.9 Å². The van der Waals surface area contributed by atoms with E-state index in [4.69, 9.17) is 14.5 Å². The maximum Gasteiger partial charge on any atom is 0.219 e. The zero-order valence-electron chi connectivity index (χ0n) is 20.7. The lowest BCUT2D eigenvalue weighted by Crippen LogP contribution is -2.23. The number of hydrogen-bond acceptors (Lipinski definition) is 4. The smallest absolute Gasteiger partial charge is 0.219 e. The van der Waals surface area contributed by atoms with Gasteiger partial charge in [-0.05, 0) is 56.0 Å². The molecule has 0 bridgehead atoms. The molecule has 0 aliphatic carbocycles. The fraction of sp³-hybridized carbons (Fsp3) is 0.429. The molecule has 3 rings (SSSR count). The summed E-state index contributed by atoms with van der Waals surface area (Å²) < 4.78 is 13.9. The van der Waals surface area contributed by atoms with Gasteiger partial charge in [-0.1, -0.05) is 43.7 Å². The van der Waals surface area contributed by atoms with E-state index in [1.54, 1.807) is 7.11 Å². The highest BCUT2D eigenvalue weighted by atomic mass is 16.5. The van der Waals surface area contributed by atoms with Gasteiger partial charge in [0.15, 0.2) is 11.5 Å². The second-order valence-corrected chi connectivity index (χ2v) is 8.29. The topological polar surface area (TPSA) is 65.4 Å². The second-order valence-electron chi connectivity index (χ2n) is 8.29. The summed E-state index contributed by atoms with van der Waals surface area (Å²) >= 11 is 0. The summed E-state index contributed by atoms with van der Waals surface area (Å²) in [4.78, 5) is 16.2. The normalized spacial score (nSPS) is 11.3. The molecule has 0 fully saturated rings. The number of unbranched alkanes of at least 4 members (excludes halogenated alkanes) is 2. The molecule has 1 heterocycles. The number of benzene rings is 2. The van der Waals surface area contributed by atoms with E-state index < -0.39 is 0 Å². The molecule has 34 heavy (non-hydrogen) atoms. The molecule has 3 aromatic rings. The molecule has 1 amide bonds. The zero-order chi connectivity index (χ0) is 24.2. The second kappa shape index (κ2) is 13.4. The molecule has 0 aliphatic heterocycles. The van der Waals surface area contributed by atoms with Crippen LogP contribution in [0, 0.1) is 0 Å². The monoisotopic (exact) mass is 463 g/mol. The lowest BCUT2D eigenvalue weighted by molar-refractivity contribution is -0.120. The molecule has 0 aliphatic rings. The molecule has 6 heteroatoms. The average molecular weight is 464 g/mol. The van der Waals surface area contributed by atoms with Gasteiger partial charge in [-0.25, -0.2) is 4.98 Å². The van der Waals surface area contributed by atoms with Crippen LogP contribution in [0.25, 0.3) is 17.1 Å². The van der Waals surface area contributed by atoms with Gasteiger partial charge in [-0.2, -0.15) is 0 Å². The van der Waals surface area contributed by atoms with E-state index in [0.29, 0.717) is 13.0 Å². The van der Waals surface area contributed by atoms with Crippen LogP contribution in [0.3, 0.4) is 0 Å². The number of rotatable bonds is 14. The van der Waals surface area contributed by atoms with E-state index in [1.807, 2.05) is 50.3 Å². The summed E-state index contributed by atoms with van der Waals surface area (Å²) in [5.41, 5.74) is 3.30. The van der Waals surface area contributed by atoms with Gasteiger partial charge in [-0.15, -0.1) is 0 Å². The van der Waals surface area contributed by atoms with Crippen molar-refractivity contribution in [3.05, 3.63) is 59.9 Å². The predicted molar refractivity (Wildman–Crippen MR) is 138 cm³/mol. The van der Waals surface area contributed by atoms with Gasteiger partial charge < -0.3 is 19.4 Å². The highest BCUT2D eigenvalue weighted by Crippen LogP contribution is 2.29. The van der Waals surface area contributed by atoms with Crippen molar-refractivity contribution in [2.24, 2.45) is 0 Å². The molecule has 6 nitrogen and oxygen atoms in total. The summed E-state index contributed by atoms with van der Waals surface area (Å²) in [5.74, 6) is 2.75. The van der Waals surface area contributed by atoms with E-state index in [0.717, 1.165) is 73.6 Å². The molecule has 1 N–H and O–H groups in total. The number of aromatic nitrogens is 2. The van der Waals surface area contributed by atoms with Crippen LogP contribution in [-0.2, 0) is 17.8 Å². The number of methoxy groups -OCH3 is 1. The van der Waals surface area contributed by atoms with Gasteiger partial charge in [0.05, 0.1) is 24.8 Å². The molecular formula is C28H37N3O3. The lowest BCUT2D eigenvalue weighted by atomic mass is 10.2. The minimum absolute atomic E-state index is 0.121. The summed E-state index contributed by atoms with van der Waals surface area (Å²) in [6.07, 6.45) is 9.51. The Morgan fingerprint density at radius 3 is 2.74 bits per heavy atom. The number of amides is 1. The van der Waals surface area contributed by atoms with Crippen molar-refractivity contribution in [1.29, 1.82) is 0 Å². The molecule has 0 unspecified atom stereocenters. The molecule has 1 aromatic heterocycles. The lowest BCUT2D eigenvalue weighted by Gasteiger charge is -2.13. The quantitative estimate of drug-likeness (QED) is 0.308. The van der Waals surface area contributed by atoms with Gasteiger partial charge in [0.25, 0.3) is 0 Å². The van der Waals surface area contributed by atoms with E-state index in [9.17, 15) is 4.79 Å². The summed E-state index contributed by atoms with van der Waals surface area (Å²) in [6, 6.07) is 14.3. The summed E-state index contributed by atoms with van der Waals surface area (Å²) in [6.45, 7) is 6.07. The number of imidazole rings is 1. The molecule has 0 atom stereocenters. The van der Waals surface area contributed by atoms with E-state index in [-0.39, 0.29) is 5.91 Å². The van der Waals surface area contributed by atoms with Crippen molar-refractivity contribution in [1.82, 2.24) is 14.9 Å². The highest BCUT2D eigenvalue weighted by Gasteiger charge is 2.11. The Morgan fingerprint density at radius 1 is 1.09 bits per heavy atom. The predicted octanol–water partition coefficient (Wildman–Crippen LogP) is 5.79. The maximum absolute atomic E-state index is 11.4. The van der Waals surface area contributed by atoms with Crippen molar-refractivity contribution >= 4 is 23.0 Å². The van der Waals surface area contributed by atoms with Gasteiger partial charge >= 0.3 is 0 Å². The summed E-state index contributed by atoms with van der Waals surface area (Å²) in [5, 5.41) is 2.94. The SMILES string of the molecule is C/C=C/c1ccc(OCCCn2c(CCCCCNC(=O)CC)nc3ccccc32)c(OC)c1. The number of para-hydroxylation sites is 2. The third-order valence-electron chi connectivity index (χ3n) is 5.78. The molecular weight excluding hydrogens is 426 g/mol. The van der Waals surface area contributed by atoms with Crippen LogP contribution in [0.15, 0.2) is 48.5 Å². The third-order valence-corrected chi connectivity index (χ3v) is 5.78. The maximum atomic E-state index is 11.4. The number of fused-ring (bicyclic) bond motifs is 1. The fourth-order valence-corrected chi connectivity index (χ4v) is 4.01. The van der Waals surface area contributed by atoms with Crippen LogP contribution < -0.4 is 14.8 Å². The number of ether oxygens (including phenoxy) is 2. The number of aryl methyl sites for hydroxylation is 2. The van der Waals surface area contributed by atoms with Crippen LogP contribution >= 0.6 is 0 Å². The van der Waals surface area contributed by atoms with Gasteiger partial charge in [0.1, 0.15) is 5.82 Å². The minimum Gasteiger partial charge on any atom is -0.493 e. The van der Waals surface area contributed by atoms with Gasteiger partial charge in [-0.3, -0.25) is 4.79 Å². The fourth-order valence-electron chi connectivity index (χ4n) is 4.01. The molecule has 182 valence electrons. The van der Waals surface area contributed by atoms with Crippen LogP contribution in [0.1, 0.15) is 57.3 Å². The zero-order valence-corrected chi connectivity index (χ0v) is 20.7. The number of nitrogens with zero attached hydrogens (tertiary/aromatic N) is 2. The van der Waals surface area contributed by atoms with Crippen LogP contribution in [0.4, 0.5) is 0 Å². The van der Waals surface area contributed by atoms with E-state index in [1.165, 1.54) is 5.52 Å². The minimum atomic E-state index is 0.121. The number of allylic oxidation sites excluding steroid dienone is 1. The first-order valence-corrected chi connectivity index (χ1v) is 12.3. The van der Waals surface area contributed by atoms with Crippen molar-refractivity contribution in [3.63, 3.8) is 0 Å². The standard InChI is InChI=1S/C28H37N3O3/c1-4-12-22-16-17-25(26(21-22)33-3)34-20-11-19-31-24-14-9-8-13-23(24)30-27(31)15-7-6-10-18-29-28(32)5-2/h4,8-9,12-14,16-17,21H,5-7,10-11,15,18-20H2,1-3H3,(H,29,32)/b12-4+. The average Bonchev–Trinajstić information content (AvgIpc) is 3.21. The molecule has 0 saturated heterocycles. The highest BCUT2D eigenvalue weighted by molar-refractivity contribution is 5.76. The first-order chi connectivity index (χ1) is 16.7. The summed E-state index contributed by atoms with van der Waals surface area (Å²) in [7, 11) is 1.67. The van der Waals surface area contributed by atoms with E-state index >= 15 is 0 Å². The molecule has 0 spiro atoms. The Kier molecular flexibility index (Phi) is 10.0. The Balaban J connectivity index is 1.55. The molecule has 2 aromatic carbocycles. The van der Waals surface area contributed by atoms with E-state index in [2.05, 4.69) is 28.1 Å². The first-order valence-electron chi connectivity index (χ1n) is 12.3. The Labute approximate surface area is 203 Å². The van der Waals surface area contributed by atoms with Crippen LogP contribution in [0.2, 0.25) is 0 Å². The first kappa shape index (κ1) is 25.3. The third kappa shape index (κ3) is 7.11. The Hall–Kier alpha value is -3.28. The van der Waals surface area contributed by atoms with Gasteiger partial charge in [0.2, 0.25) is 5.91 Å². The molecule has 0 radical (unpaired) electrons. The Morgan fingerprint density at radius 2 is 1.94 bits per heavy atom. The number of carbonyl (C=O) groups is 1. The Bertz CT molecular complexity index is 1090. The van der Waals surface area contributed by atoms with Crippen LogP contribution in [0.5, 0.6) is 11.5 Å². The van der Waals surface area contributed by atoms with Crippen LogP contribution in [-0.4, -0.2) is 35.7 Å². The van der Waals surface area contributed by atoms with Crippen molar-refractivity contribution in [2.75, 3.05) is 20.3 Å². The molecule has 0 saturated carbocycles. The van der Waals surface area contributed by atoms with Crippen molar-refractivity contribution in [3.8, 4) is 11.5 Å². The number of carbonyl (C=O) groups excluding carboxylic acids is 1. The van der Waals surface area contributed by atoms with Crippen molar-refractivity contribution < 1.29 is 14.3 Å². The van der Waals surface area contributed by atoms with Gasteiger partial charge in [0, 0.05) is 25.9 Å².